The average molecular weight is 269 g/mol. The van der Waals surface area contributed by atoms with E-state index in [1.807, 2.05) is 0 Å². The maximum atomic E-state index is 13.6. The van der Waals surface area contributed by atoms with E-state index in [1.165, 1.54) is 6.07 Å². The Bertz CT molecular complexity index is 513. The summed E-state index contributed by atoms with van der Waals surface area (Å²) >= 11 is 0. The van der Waals surface area contributed by atoms with E-state index in [-0.39, 0.29) is 13.0 Å². The van der Waals surface area contributed by atoms with Gasteiger partial charge in [-0.2, -0.15) is 0 Å². The zero-order chi connectivity index (χ0) is 14.2. The maximum Gasteiger partial charge on any atom is 0.326 e. The molecule has 0 aromatic heterocycles. The molecule has 1 amide bonds. The zero-order valence-electron chi connectivity index (χ0n) is 9.78. The topological polar surface area (TPSA) is 98.1 Å². The number of halogens is 1. The number of rotatable bonds is 2. The number of aliphatic hydroxyl groups excluding tert-OH is 1. The van der Waals surface area contributed by atoms with Gasteiger partial charge in [-0.05, 0) is 12.1 Å². The standard InChI is InChI=1S/C12H12FNO5/c13-7-2-1-3-9(16)10(7)11(17)14-5-6(15)4-8(14)12(18)19/h1-3,6,8,15-16H,4-5H2,(H,18,19). The first kappa shape index (κ1) is 13.3. The Hall–Kier alpha value is -2.15. The second-order valence-electron chi connectivity index (χ2n) is 4.34. The van der Waals surface area contributed by atoms with Gasteiger partial charge in [0.2, 0.25) is 0 Å². The lowest BCUT2D eigenvalue weighted by Gasteiger charge is -2.21. The number of nitrogens with zero attached hydrogens (tertiary/aromatic N) is 1. The number of hydrogen-bond donors (Lipinski definition) is 3. The molecule has 1 fully saturated rings. The number of phenols is 1. The maximum absolute atomic E-state index is 13.6. The predicted octanol–water partition coefficient (Wildman–Crippen LogP) is 0.191. The van der Waals surface area contributed by atoms with Gasteiger partial charge in [0.25, 0.3) is 5.91 Å². The molecule has 3 N–H and O–H groups in total. The summed E-state index contributed by atoms with van der Waals surface area (Å²) in [5, 5.41) is 27.9. The van der Waals surface area contributed by atoms with Crippen molar-refractivity contribution in [1.82, 2.24) is 4.90 Å². The Morgan fingerprint density at radius 3 is 2.63 bits per heavy atom. The highest BCUT2D eigenvalue weighted by Crippen LogP contribution is 2.26. The van der Waals surface area contributed by atoms with Gasteiger partial charge in [0, 0.05) is 13.0 Å². The molecule has 1 aromatic rings. The summed E-state index contributed by atoms with van der Waals surface area (Å²) in [6.45, 7) is -0.205. The third kappa shape index (κ3) is 2.37. The second kappa shape index (κ2) is 4.85. The van der Waals surface area contributed by atoms with Crippen LogP contribution < -0.4 is 0 Å². The van der Waals surface area contributed by atoms with Gasteiger partial charge in [-0.3, -0.25) is 4.79 Å². The number of carboxylic acids is 1. The first-order valence-corrected chi connectivity index (χ1v) is 5.61. The molecule has 7 heteroatoms. The summed E-state index contributed by atoms with van der Waals surface area (Å²) in [7, 11) is 0. The molecule has 0 aliphatic carbocycles. The number of aromatic hydroxyl groups is 1. The number of aliphatic hydroxyl groups is 1. The van der Waals surface area contributed by atoms with Crippen molar-refractivity contribution in [3.05, 3.63) is 29.6 Å². The highest BCUT2D eigenvalue weighted by molar-refractivity contribution is 5.99. The molecule has 6 nitrogen and oxygen atoms in total. The lowest BCUT2D eigenvalue weighted by Crippen LogP contribution is -2.41. The van der Waals surface area contributed by atoms with Crippen LogP contribution in [0.4, 0.5) is 4.39 Å². The summed E-state index contributed by atoms with van der Waals surface area (Å²) in [4.78, 5) is 24.0. The highest BCUT2D eigenvalue weighted by Gasteiger charge is 2.40. The number of hydrogen-bond acceptors (Lipinski definition) is 4. The molecule has 2 rings (SSSR count). The number of amides is 1. The van der Waals surface area contributed by atoms with Gasteiger partial charge in [0.15, 0.2) is 0 Å². The summed E-state index contributed by atoms with van der Waals surface area (Å²) in [5.74, 6) is -3.72. The number of carboxylic acid groups (broad SMARTS) is 1. The summed E-state index contributed by atoms with van der Waals surface area (Å²) in [5.41, 5.74) is -0.581. The molecule has 2 atom stereocenters. The molecule has 19 heavy (non-hydrogen) atoms. The van der Waals surface area contributed by atoms with E-state index < -0.39 is 41.2 Å². The highest BCUT2D eigenvalue weighted by atomic mass is 19.1. The number of β-amino-alcohol motifs (C(OH)–C–C–N with tert-alkyl or cyclic N) is 1. The van der Waals surface area contributed by atoms with Crippen molar-refractivity contribution in [2.45, 2.75) is 18.6 Å². The molecule has 0 saturated carbocycles. The van der Waals surface area contributed by atoms with Crippen molar-refractivity contribution in [3.63, 3.8) is 0 Å². The first-order chi connectivity index (χ1) is 8.91. The predicted molar refractivity (Wildman–Crippen MR) is 61.1 cm³/mol. The van der Waals surface area contributed by atoms with Gasteiger partial charge < -0.3 is 20.2 Å². The molecule has 1 aromatic carbocycles. The third-order valence-corrected chi connectivity index (χ3v) is 3.03. The van der Waals surface area contributed by atoms with Gasteiger partial charge >= 0.3 is 5.97 Å². The summed E-state index contributed by atoms with van der Waals surface area (Å²) in [6.07, 6.45) is -1.09. The Kier molecular flexibility index (Phi) is 3.39. The van der Waals surface area contributed by atoms with Gasteiger partial charge in [-0.25, -0.2) is 9.18 Å². The molecule has 1 aliphatic heterocycles. The molecule has 0 spiro atoms. The fourth-order valence-corrected chi connectivity index (χ4v) is 2.14. The summed E-state index contributed by atoms with van der Waals surface area (Å²) < 4.78 is 13.6. The van der Waals surface area contributed by atoms with Gasteiger partial charge in [-0.15, -0.1) is 0 Å². The van der Waals surface area contributed by atoms with Gasteiger partial charge in [-0.1, -0.05) is 6.07 Å². The molecule has 1 heterocycles. The van der Waals surface area contributed by atoms with Crippen LogP contribution in [0, 0.1) is 5.82 Å². The van der Waals surface area contributed by atoms with Crippen molar-refractivity contribution in [3.8, 4) is 5.75 Å². The van der Waals surface area contributed by atoms with Crippen molar-refractivity contribution < 1.29 is 29.3 Å². The monoisotopic (exact) mass is 269 g/mol. The van der Waals surface area contributed by atoms with Crippen LogP contribution in [0.3, 0.4) is 0 Å². The molecule has 2 unspecified atom stereocenters. The smallest absolute Gasteiger partial charge is 0.326 e. The van der Waals surface area contributed by atoms with E-state index in [2.05, 4.69) is 0 Å². The Morgan fingerprint density at radius 1 is 1.37 bits per heavy atom. The first-order valence-electron chi connectivity index (χ1n) is 5.61. The molecule has 102 valence electrons. The number of carbonyl (C=O) groups is 2. The molecular formula is C12H12FNO5. The number of phenolic OH excluding ortho intramolecular Hbond substituents is 1. The second-order valence-corrected chi connectivity index (χ2v) is 4.34. The number of carbonyl (C=O) groups excluding carboxylic acids is 1. The van der Waals surface area contributed by atoms with Crippen LogP contribution in [0.5, 0.6) is 5.75 Å². The van der Waals surface area contributed by atoms with Crippen LogP contribution in [-0.2, 0) is 4.79 Å². The lowest BCUT2D eigenvalue weighted by atomic mass is 10.1. The number of benzene rings is 1. The SMILES string of the molecule is O=C(O)C1CC(O)CN1C(=O)c1c(O)cccc1F. The van der Waals surface area contributed by atoms with Crippen LogP contribution in [0.2, 0.25) is 0 Å². The van der Waals surface area contributed by atoms with E-state index in [9.17, 15) is 24.2 Å². The Balaban J connectivity index is 2.36. The molecule has 0 bridgehead atoms. The normalized spacial score (nSPS) is 22.5. The largest absolute Gasteiger partial charge is 0.507 e. The molecule has 1 saturated heterocycles. The van der Waals surface area contributed by atoms with Crippen molar-refractivity contribution in [1.29, 1.82) is 0 Å². The van der Waals surface area contributed by atoms with Crippen molar-refractivity contribution >= 4 is 11.9 Å². The van der Waals surface area contributed by atoms with E-state index in [4.69, 9.17) is 5.11 Å². The fraction of sp³-hybridized carbons (Fsp3) is 0.333. The van der Waals surface area contributed by atoms with Crippen LogP contribution >= 0.6 is 0 Å². The van der Waals surface area contributed by atoms with Crippen LogP contribution in [0.1, 0.15) is 16.8 Å². The third-order valence-electron chi connectivity index (χ3n) is 3.03. The lowest BCUT2D eigenvalue weighted by molar-refractivity contribution is -0.141. The van der Waals surface area contributed by atoms with E-state index in [0.29, 0.717) is 0 Å². The van der Waals surface area contributed by atoms with E-state index in [1.54, 1.807) is 0 Å². The van der Waals surface area contributed by atoms with Crippen molar-refractivity contribution in [2.24, 2.45) is 0 Å². The minimum atomic E-state index is -1.28. The Morgan fingerprint density at radius 2 is 2.05 bits per heavy atom. The quantitative estimate of drug-likeness (QED) is 0.712. The number of aliphatic carboxylic acids is 1. The van der Waals surface area contributed by atoms with Crippen LogP contribution in [0.15, 0.2) is 18.2 Å². The Labute approximate surface area is 107 Å². The van der Waals surface area contributed by atoms with E-state index >= 15 is 0 Å². The molecule has 1 aliphatic rings. The zero-order valence-corrected chi connectivity index (χ0v) is 9.78. The van der Waals surface area contributed by atoms with Crippen molar-refractivity contribution in [2.75, 3.05) is 6.54 Å². The minimum absolute atomic E-state index is 0.115. The fourth-order valence-electron chi connectivity index (χ4n) is 2.14. The van der Waals surface area contributed by atoms with E-state index in [0.717, 1.165) is 17.0 Å². The minimum Gasteiger partial charge on any atom is -0.507 e. The summed E-state index contributed by atoms with van der Waals surface area (Å²) in [6, 6.07) is 2.14. The average Bonchev–Trinajstić information content (AvgIpc) is 2.71. The van der Waals surface area contributed by atoms with Gasteiger partial charge in [0.05, 0.1) is 6.10 Å². The van der Waals surface area contributed by atoms with Crippen LogP contribution in [0.25, 0.3) is 0 Å². The molecule has 0 radical (unpaired) electrons. The van der Waals surface area contributed by atoms with Gasteiger partial charge in [0.1, 0.15) is 23.2 Å². The number of likely N-dealkylation sites (tertiary alicyclic amines) is 1. The van der Waals surface area contributed by atoms with Crippen LogP contribution in [-0.4, -0.2) is 50.8 Å². The molecular weight excluding hydrogens is 257 g/mol.